The Morgan fingerprint density at radius 1 is 1.50 bits per heavy atom. The minimum absolute atomic E-state index is 0.0845. The van der Waals surface area contributed by atoms with Crippen molar-refractivity contribution in [2.75, 3.05) is 25.1 Å². The average molecular weight is 343 g/mol. The molecule has 1 unspecified atom stereocenters. The van der Waals surface area contributed by atoms with E-state index in [1.165, 1.54) is 0 Å². The number of carbonyl (C=O) groups is 1. The van der Waals surface area contributed by atoms with Crippen molar-refractivity contribution >= 4 is 27.5 Å². The smallest absolute Gasteiger partial charge is 0.243 e. The molecule has 1 aliphatic heterocycles. The van der Waals surface area contributed by atoms with E-state index in [0.29, 0.717) is 25.4 Å². The Kier molecular flexibility index (Phi) is 5.39. The fourth-order valence-corrected chi connectivity index (χ4v) is 2.41. The molecule has 0 spiro atoms. The van der Waals surface area contributed by atoms with Gasteiger partial charge in [0.25, 0.3) is 0 Å². The van der Waals surface area contributed by atoms with Crippen molar-refractivity contribution in [1.82, 2.24) is 5.32 Å². The summed E-state index contributed by atoms with van der Waals surface area (Å²) in [7, 11) is 0. The van der Waals surface area contributed by atoms with Crippen LogP contribution in [0.4, 0.5) is 5.69 Å². The molecule has 5 nitrogen and oxygen atoms in total. The number of anilines is 1. The number of nitrogens with one attached hydrogen (secondary N) is 2. The zero-order valence-corrected chi connectivity index (χ0v) is 13.2. The number of halogens is 1. The summed E-state index contributed by atoms with van der Waals surface area (Å²) in [5, 5.41) is 6.00. The van der Waals surface area contributed by atoms with E-state index in [0.717, 1.165) is 10.2 Å². The molecule has 1 aromatic carbocycles. The minimum Gasteiger partial charge on any atom is -0.491 e. The monoisotopic (exact) mass is 342 g/mol. The van der Waals surface area contributed by atoms with Crippen molar-refractivity contribution in [1.29, 1.82) is 0 Å². The second-order valence-corrected chi connectivity index (χ2v) is 5.83. The number of hydrogen-bond donors (Lipinski definition) is 2. The van der Waals surface area contributed by atoms with Crippen molar-refractivity contribution in [3.05, 3.63) is 22.7 Å². The molecule has 1 heterocycles. The average Bonchev–Trinajstić information content (AvgIpc) is 2.38. The number of hydrogen-bond acceptors (Lipinski definition) is 4. The predicted molar refractivity (Wildman–Crippen MR) is 81.1 cm³/mol. The topological polar surface area (TPSA) is 59.6 Å². The third kappa shape index (κ3) is 4.47. The van der Waals surface area contributed by atoms with E-state index in [1.54, 1.807) is 0 Å². The molecule has 0 saturated carbocycles. The lowest BCUT2D eigenvalue weighted by atomic mass is 10.2. The molecule has 2 N–H and O–H groups in total. The summed E-state index contributed by atoms with van der Waals surface area (Å²) in [5.74, 6) is 0.621. The van der Waals surface area contributed by atoms with E-state index >= 15 is 0 Å². The van der Waals surface area contributed by atoms with Gasteiger partial charge in [0.05, 0.1) is 19.3 Å². The molecule has 20 heavy (non-hydrogen) atoms. The molecule has 6 heteroatoms. The molecule has 1 saturated heterocycles. The maximum Gasteiger partial charge on any atom is 0.243 e. The highest BCUT2D eigenvalue weighted by Gasteiger charge is 2.21. The Hall–Kier alpha value is -1.11. The fourth-order valence-electron chi connectivity index (χ4n) is 1.94. The van der Waals surface area contributed by atoms with Gasteiger partial charge in [-0.05, 0) is 26.0 Å². The molecule has 0 bridgehead atoms. The number of morpholine rings is 1. The Morgan fingerprint density at radius 3 is 2.95 bits per heavy atom. The van der Waals surface area contributed by atoms with Crippen LogP contribution in [-0.4, -0.2) is 37.8 Å². The van der Waals surface area contributed by atoms with Gasteiger partial charge in [-0.3, -0.25) is 4.79 Å². The second kappa shape index (κ2) is 7.06. The van der Waals surface area contributed by atoms with Gasteiger partial charge in [-0.25, -0.2) is 0 Å². The number of amides is 1. The van der Waals surface area contributed by atoms with Gasteiger partial charge < -0.3 is 20.1 Å². The third-order valence-electron chi connectivity index (χ3n) is 2.75. The highest BCUT2D eigenvalue weighted by atomic mass is 79.9. The molecule has 0 radical (unpaired) electrons. The molecule has 1 amide bonds. The van der Waals surface area contributed by atoms with Crippen molar-refractivity contribution in [2.24, 2.45) is 0 Å². The second-order valence-electron chi connectivity index (χ2n) is 4.91. The van der Waals surface area contributed by atoms with Crippen LogP contribution in [0.5, 0.6) is 5.75 Å². The van der Waals surface area contributed by atoms with Crippen LogP contribution in [0.15, 0.2) is 22.7 Å². The van der Waals surface area contributed by atoms with E-state index in [-0.39, 0.29) is 18.1 Å². The summed E-state index contributed by atoms with van der Waals surface area (Å²) in [5.41, 5.74) is 0.701. The normalized spacial score (nSPS) is 18.9. The van der Waals surface area contributed by atoms with Crippen molar-refractivity contribution in [3.8, 4) is 5.75 Å². The number of ether oxygens (including phenoxy) is 2. The zero-order valence-electron chi connectivity index (χ0n) is 11.6. The Balaban J connectivity index is 2.04. The Morgan fingerprint density at radius 2 is 2.30 bits per heavy atom. The van der Waals surface area contributed by atoms with Crippen LogP contribution < -0.4 is 15.4 Å². The van der Waals surface area contributed by atoms with E-state index < -0.39 is 0 Å². The van der Waals surface area contributed by atoms with Crippen LogP contribution in [-0.2, 0) is 9.53 Å². The maximum absolute atomic E-state index is 12.1. The summed E-state index contributed by atoms with van der Waals surface area (Å²) in [6, 6.07) is 5.22. The lowest BCUT2D eigenvalue weighted by molar-refractivity contribution is -0.120. The number of rotatable bonds is 4. The third-order valence-corrected chi connectivity index (χ3v) is 3.21. The summed E-state index contributed by atoms with van der Waals surface area (Å²) < 4.78 is 11.8. The standard InChI is InChI=1S/C14H19BrN2O3/c1-9(2)20-12-6-10(15)5-11(7-12)17-14(18)13-8-19-4-3-16-13/h5-7,9,13,16H,3-4,8H2,1-2H3,(H,17,18). The summed E-state index contributed by atoms with van der Waals surface area (Å²) in [6.45, 7) is 5.66. The van der Waals surface area contributed by atoms with Gasteiger partial charge in [0.1, 0.15) is 11.8 Å². The van der Waals surface area contributed by atoms with Crippen LogP contribution in [0, 0.1) is 0 Å². The van der Waals surface area contributed by atoms with Crippen molar-refractivity contribution in [2.45, 2.75) is 26.0 Å². The van der Waals surface area contributed by atoms with Gasteiger partial charge >= 0.3 is 0 Å². The minimum atomic E-state index is -0.308. The molecule has 2 rings (SSSR count). The van der Waals surface area contributed by atoms with Gasteiger partial charge in [0.2, 0.25) is 5.91 Å². The maximum atomic E-state index is 12.1. The number of carbonyl (C=O) groups excluding carboxylic acids is 1. The first kappa shape index (κ1) is 15.3. The number of benzene rings is 1. The molecule has 1 fully saturated rings. The van der Waals surface area contributed by atoms with E-state index in [4.69, 9.17) is 9.47 Å². The van der Waals surface area contributed by atoms with Gasteiger partial charge in [0, 0.05) is 22.8 Å². The lowest BCUT2D eigenvalue weighted by Crippen LogP contribution is -2.48. The van der Waals surface area contributed by atoms with E-state index in [2.05, 4.69) is 26.6 Å². The van der Waals surface area contributed by atoms with Gasteiger partial charge in [-0.1, -0.05) is 15.9 Å². The largest absolute Gasteiger partial charge is 0.491 e. The van der Waals surface area contributed by atoms with Gasteiger partial charge in [-0.15, -0.1) is 0 Å². The Bertz CT molecular complexity index is 473. The molecule has 0 aromatic heterocycles. The summed E-state index contributed by atoms with van der Waals surface area (Å²) in [4.78, 5) is 12.1. The highest BCUT2D eigenvalue weighted by molar-refractivity contribution is 9.10. The molecular weight excluding hydrogens is 324 g/mol. The van der Waals surface area contributed by atoms with E-state index in [1.807, 2.05) is 32.0 Å². The summed E-state index contributed by atoms with van der Waals surface area (Å²) >= 11 is 3.42. The Labute approximate surface area is 127 Å². The molecule has 1 aliphatic rings. The SMILES string of the molecule is CC(C)Oc1cc(Br)cc(NC(=O)C2COCCN2)c1. The van der Waals surface area contributed by atoms with Crippen LogP contribution >= 0.6 is 15.9 Å². The van der Waals surface area contributed by atoms with Crippen LogP contribution in [0.3, 0.4) is 0 Å². The molecular formula is C14H19BrN2O3. The van der Waals surface area contributed by atoms with Crippen molar-refractivity contribution < 1.29 is 14.3 Å². The van der Waals surface area contributed by atoms with Crippen LogP contribution in [0.1, 0.15) is 13.8 Å². The van der Waals surface area contributed by atoms with Crippen LogP contribution in [0.2, 0.25) is 0 Å². The van der Waals surface area contributed by atoms with Crippen molar-refractivity contribution in [3.63, 3.8) is 0 Å². The van der Waals surface area contributed by atoms with E-state index in [9.17, 15) is 4.79 Å². The molecule has 1 atom stereocenters. The van der Waals surface area contributed by atoms with Gasteiger partial charge in [0.15, 0.2) is 0 Å². The first-order valence-corrected chi connectivity index (χ1v) is 7.43. The summed E-state index contributed by atoms with van der Waals surface area (Å²) in [6.07, 6.45) is 0.0845. The quantitative estimate of drug-likeness (QED) is 0.880. The molecule has 1 aromatic rings. The highest BCUT2D eigenvalue weighted by Crippen LogP contribution is 2.25. The molecule has 110 valence electrons. The zero-order chi connectivity index (χ0) is 14.5. The van der Waals surface area contributed by atoms with Gasteiger partial charge in [-0.2, -0.15) is 0 Å². The molecule has 0 aliphatic carbocycles. The first-order chi connectivity index (χ1) is 9.54. The van der Waals surface area contributed by atoms with Crippen LogP contribution in [0.25, 0.3) is 0 Å². The predicted octanol–water partition coefficient (Wildman–Crippen LogP) is 2.16. The lowest BCUT2D eigenvalue weighted by Gasteiger charge is -2.23. The fraction of sp³-hybridized carbons (Fsp3) is 0.500. The first-order valence-electron chi connectivity index (χ1n) is 6.64.